The van der Waals surface area contributed by atoms with E-state index in [1.165, 1.54) is 6.07 Å². The summed E-state index contributed by atoms with van der Waals surface area (Å²) in [5.41, 5.74) is 2.20. The van der Waals surface area contributed by atoms with Crippen molar-refractivity contribution in [2.24, 2.45) is 0 Å². The van der Waals surface area contributed by atoms with Gasteiger partial charge in [0.25, 0.3) is 0 Å². The Morgan fingerprint density at radius 2 is 2.38 bits per heavy atom. The Kier molecular flexibility index (Phi) is 2.84. The van der Waals surface area contributed by atoms with Crippen LogP contribution in [0.15, 0.2) is 6.07 Å². The number of aromatic nitrogens is 1. The maximum atomic E-state index is 10.3. The zero-order valence-corrected chi connectivity index (χ0v) is 7.66. The van der Waals surface area contributed by atoms with Gasteiger partial charge < -0.3 is 10.4 Å². The lowest BCUT2D eigenvalue weighted by Crippen LogP contribution is -2.02. The van der Waals surface area contributed by atoms with Crippen molar-refractivity contribution in [3.05, 3.63) is 17.3 Å². The Morgan fingerprint density at radius 3 is 2.92 bits per heavy atom. The Labute approximate surface area is 76.6 Å². The molecule has 0 aliphatic rings. The van der Waals surface area contributed by atoms with Gasteiger partial charge in [0.15, 0.2) is 0 Å². The molecule has 1 amide bonds. The molecule has 0 aliphatic heterocycles. The molecule has 0 bridgehead atoms. The van der Waals surface area contributed by atoms with Crippen LogP contribution in [0.2, 0.25) is 0 Å². The number of hydrogen-bond donors (Lipinski definition) is 2. The van der Waals surface area contributed by atoms with Crippen molar-refractivity contribution < 1.29 is 9.90 Å². The van der Waals surface area contributed by atoms with Crippen LogP contribution < -0.4 is 5.32 Å². The van der Waals surface area contributed by atoms with Gasteiger partial charge in [-0.25, -0.2) is 4.98 Å². The molecular formula is C9H12N2O2. The molecule has 0 fully saturated rings. The number of pyridine rings is 1. The lowest BCUT2D eigenvalue weighted by atomic mass is 10.1. The second-order valence-electron chi connectivity index (χ2n) is 2.73. The number of carbonyl (C=O) groups excluding carboxylic acids is 1. The molecule has 0 unspecified atom stereocenters. The fourth-order valence-electron chi connectivity index (χ4n) is 1.23. The molecule has 0 saturated carbocycles. The smallest absolute Gasteiger partial charge is 0.211 e. The van der Waals surface area contributed by atoms with Crippen molar-refractivity contribution in [1.82, 2.24) is 4.98 Å². The first-order valence-electron chi connectivity index (χ1n) is 4.08. The Morgan fingerprint density at radius 1 is 1.69 bits per heavy atom. The molecule has 0 spiro atoms. The van der Waals surface area contributed by atoms with E-state index in [9.17, 15) is 9.90 Å². The van der Waals surface area contributed by atoms with E-state index in [1.54, 1.807) is 0 Å². The predicted molar refractivity (Wildman–Crippen MR) is 49.7 cm³/mol. The Hall–Kier alpha value is -1.58. The summed E-state index contributed by atoms with van der Waals surface area (Å²) in [6.07, 6.45) is 1.28. The van der Waals surface area contributed by atoms with E-state index < -0.39 is 0 Å². The zero-order chi connectivity index (χ0) is 9.84. The molecule has 4 heteroatoms. The van der Waals surface area contributed by atoms with Crippen molar-refractivity contribution in [2.45, 2.75) is 20.3 Å². The minimum atomic E-state index is -0.00852. The van der Waals surface area contributed by atoms with Crippen molar-refractivity contribution in [3.63, 3.8) is 0 Å². The molecule has 1 heterocycles. The third kappa shape index (κ3) is 1.96. The summed E-state index contributed by atoms with van der Waals surface area (Å²) < 4.78 is 0. The highest BCUT2D eigenvalue weighted by molar-refractivity contribution is 5.75. The van der Waals surface area contributed by atoms with E-state index in [-0.39, 0.29) is 5.88 Å². The van der Waals surface area contributed by atoms with E-state index in [0.717, 1.165) is 5.56 Å². The largest absolute Gasteiger partial charge is 0.493 e. The molecule has 2 N–H and O–H groups in total. The molecule has 4 nitrogen and oxygen atoms in total. The Balaban J connectivity index is 3.20. The maximum Gasteiger partial charge on any atom is 0.211 e. The maximum absolute atomic E-state index is 10.3. The van der Waals surface area contributed by atoms with Crippen LogP contribution in [0.25, 0.3) is 0 Å². The molecule has 0 aliphatic carbocycles. The number of amides is 1. The van der Waals surface area contributed by atoms with Crippen LogP contribution in [0.4, 0.5) is 5.69 Å². The molecule has 1 aromatic rings. The first-order valence-corrected chi connectivity index (χ1v) is 4.08. The first-order chi connectivity index (χ1) is 6.19. The number of nitrogens with one attached hydrogen (secondary N) is 1. The van der Waals surface area contributed by atoms with Crippen LogP contribution in [0.1, 0.15) is 18.2 Å². The van der Waals surface area contributed by atoms with Crippen molar-refractivity contribution in [2.75, 3.05) is 5.32 Å². The fraction of sp³-hybridized carbons (Fsp3) is 0.333. The van der Waals surface area contributed by atoms with E-state index in [0.29, 0.717) is 24.2 Å². The number of aromatic hydroxyl groups is 1. The molecule has 0 saturated heterocycles. The number of aryl methyl sites for hydroxylation is 2. The highest BCUT2D eigenvalue weighted by atomic mass is 16.3. The lowest BCUT2D eigenvalue weighted by molar-refractivity contribution is -0.105. The van der Waals surface area contributed by atoms with Gasteiger partial charge in [0, 0.05) is 6.07 Å². The van der Waals surface area contributed by atoms with Crippen molar-refractivity contribution in [1.29, 1.82) is 0 Å². The van der Waals surface area contributed by atoms with Gasteiger partial charge in [-0.1, -0.05) is 6.92 Å². The van der Waals surface area contributed by atoms with Gasteiger partial charge in [-0.05, 0) is 18.9 Å². The number of anilines is 1. The third-order valence-corrected chi connectivity index (χ3v) is 1.82. The van der Waals surface area contributed by atoms with Crippen LogP contribution in [0, 0.1) is 6.92 Å². The lowest BCUT2D eigenvalue weighted by Gasteiger charge is -2.08. The zero-order valence-electron chi connectivity index (χ0n) is 7.66. The molecule has 70 valence electrons. The fourth-order valence-corrected chi connectivity index (χ4v) is 1.23. The van der Waals surface area contributed by atoms with Gasteiger partial charge in [0.05, 0.1) is 11.4 Å². The van der Waals surface area contributed by atoms with Crippen LogP contribution >= 0.6 is 0 Å². The molecule has 0 radical (unpaired) electrons. The molecule has 1 aromatic heterocycles. The summed E-state index contributed by atoms with van der Waals surface area (Å²) in [4.78, 5) is 14.2. The summed E-state index contributed by atoms with van der Waals surface area (Å²) in [5, 5.41) is 11.8. The summed E-state index contributed by atoms with van der Waals surface area (Å²) in [6, 6.07) is 1.52. The van der Waals surface area contributed by atoms with E-state index in [1.807, 2.05) is 13.8 Å². The summed E-state index contributed by atoms with van der Waals surface area (Å²) in [7, 11) is 0. The summed E-state index contributed by atoms with van der Waals surface area (Å²) in [6.45, 7) is 3.73. The second-order valence-corrected chi connectivity index (χ2v) is 2.73. The van der Waals surface area contributed by atoms with Crippen LogP contribution in [0.3, 0.4) is 0 Å². The SMILES string of the molecule is CCc1nc(O)cc(C)c1NC=O. The number of nitrogens with zero attached hydrogens (tertiary/aromatic N) is 1. The van der Waals surface area contributed by atoms with Gasteiger partial charge in [0.2, 0.25) is 12.3 Å². The normalized spacial score (nSPS) is 9.69. The minimum Gasteiger partial charge on any atom is -0.493 e. The van der Waals surface area contributed by atoms with Gasteiger partial charge in [-0.15, -0.1) is 0 Å². The van der Waals surface area contributed by atoms with E-state index in [2.05, 4.69) is 10.3 Å². The topological polar surface area (TPSA) is 62.2 Å². The second kappa shape index (κ2) is 3.89. The van der Waals surface area contributed by atoms with Gasteiger partial charge in [-0.2, -0.15) is 0 Å². The highest BCUT2D eigenvalue weighted by Gasteiger charge is 2.06. The highest BCUT2D eigenvalue weighted by Crippen LogP contribution is 2.22. The standard InChI is InChI=1S/C9H12N2O2/c1-3-7-9(10-5-12)6(2)4-8(13)11-7/h4-5H,3H2,1-2H3,(H,10,12)(H,11,13). The first kappa shape index (κ1) is 9.51. The number of rotatable bonds is 3. The van der Waals surface area contributed by atoms with E-state index in [4.69, 9.17) is 0 Å². The minimum absolute atomic E-state index is 0.00852. The van der Waals surface area contributed by atoms with Crippen LogP contribution in [-0.4, -0.2) is 16.5 Å². The molecular weight excluding hydrogens is 168 g/mol. The van der Waals surface area contributed by atoms with Gasteiger partial charge in [-0.3, -0.25) is 4.79 Å². The van der Waals surface area contributed by atoms with Crippen molar-refractivity contribution >= 4 is 12.1 Å². The molecule has 0 aromatic carbocycles. The number of carbonyl (C=O) groups is 1. The molecule has 13 heavy (non-hydrogen) atoms. The average Bonchev–Trinajstić information content (AvgIpc) is 2.09. The average molecular weight is 180 g/mol. The predicted octanol–water partition coefficient (Wildman–Crippen LogP) is 1.23. The number of hydrogen-bond acceptors (Lipinski definition) is 3. The Bertz CT molecular complexity index is 324. The monoisotopic (exact) mass is 180 g/mol. The van der Waals surface area contributed by atoms with Gasteiger partial charge in [0.1, 0.15) is 0 Å². The van der Waals surface area contributed by atoms with Crippen LogP contribution in [0.5, 0.6) is 5.88 Å². The third-order valence-electron chi connectivity index (χ3n) is 1.82. The molecule has 1 rings (SSSR count). The van der Waals surface area contributed by atoms with E-state index >= 15 is 0 Å². The van der Waals surface area contributed by atoms with Gasteiger partial charge >= 0.3 is 0 Å². The molecule has 0 atom stereocenters. The van der Waals surface area contributed by atoms with Crippen molar-refractivity contribution in [3.8, 4) is 5.88 Å². The quantitative estimate of drug-likeness (QED) is 0.687. The summed E-state index contributed by atoms with van der Waals surface area (Å²) >= 11 is 0. The summed E-state index contributed by atoms with van der Waals surface area (Å²) in [5.74, 6) is -0.00852. The van der Waals surface area contributed by atoms with Crippen LogP contribution in [-0.2, 0) is 11.2 Å².